The molecule has 0 saturated carbocycles. The Hall–Kier alpha value is -2.34. The van der Waals surface area contributed by atoms with Crippen LogP contribution in [0, 0.1) is 5.92 Å². The van der Waals surface area contributed by atoms with Gasteiger partial charge in [0.05, 0.1) is 0 Å². The average Bonchev–Trinajstić information content (AvgIpc) is 2.72. The molecule has 3 rings (SSSR count). The Kier molecular flexibility index (Phi) is 8.05. The van der Waals surface area contributed by atoms with Crippen molar-refractivity contribution in [1.82, 2.24) is 14.9 Å². The number of aliphatic carboxylic acids is 2. The first-order chi connectivity index (χ1) is 13.3. The van der Waals surface area contributed by atoms with E-state index in [-0.39, 0.29) is 0 Å². The summed E-state index contributed by atoms with van der Waals surface area (Å²) in [7, 11) is 0. The van der Waals surface area contributed by atoms with Crippen molar-refractivity contribution in [3.63, 3.8) is 0 Å². The smallest absolute Gasteiger partial charge is 0.335 e. The van der Waals surface area contributed by atoms with Crippen molar-refractivity contribution in [3.05, 3.63) is 18.5 Å². The Bertz CT molecular complexity index is 630. The number of fused-ring (bicyclic) bond motifs is 1. The van der Waals surface area contributed by atoms with Crippen molar-refractivity contribution in [3.8, 4) is 0 Å². The standard InChI is InChI=1S/C13H20N4O.C4H6O6/c18-10-11-2-3-12-9-17(7-6-16(12)8-11)13-14-4-1-5-15-13;5-1(3(7)8)2(6)4(9)10/h1,4-5,11-12,18H,2-3,6-10H2;1-2,5-6H,(H,7,8)(H,9,10)/t11-,12-;1-,2-/m01/s1. The van der Waals surface area contributed by atoms with Crippen LogP contribution in [0.4, 0.5) is 5.95 Å². The van der Waals surface area contributed by atoms with Gasteiger partial charge in [0.2, 0.25) is 5.95 Å². The fourth-order valence-electron chi connectivity index (χ4n) is 3.31. The van der Waals surface area contributed by atoms with Crippen molar-refractivity contribution >= 4 is 17.9 Å². The molecule has 2 fully saturated rings. The van der Waals surface area contributed by atoms with E-state index < -0.39 is 24.1 Å². The molecule has 0 amide bonds. The third-order valence-corrected chi connectivity index (χ3v) is 4.90. The Labute approximate surface area is 161 Å². The highest BCUT2D eigenvalue weighted by Crippen LogP contribution is 2.25. The van der Waals surface area contributed by atoms with E-state index in [1.54, 1.807) is 12.4 Å². The number of aliphatic hydroxyl groups is 3. The van der Waals surface area contributed by atoms with Crippen LogP contribution < -0.4 is 4.90 Å². The highest BCUT2D eigenvalue weighted by atomic mass is 16.4. The molecule has 11 nitrogen and oxygen atoms in total. The number of carboxylic acids is 2. The first-order valence-corrected chi connectivity index (χ1v) is 9.02. The molecule has 1 aromatic heterocycles. The van der Waals surface area contributed by atoms with Crippen molar-refractivity contribution < 1.29 is 35.1 Å². The predicted molar refractivity (Wildman–Crippen MR) is 96.7 cm³/mol. The lowest BCUT2D eigenvalue weighted by molar-refractivity contribution is -0.165. The van der Waals surface area contributed by atoms with Gasteiger partial charge in [-0.3, -0.25) is 4.90 Å². The maximum absolute atomic E-state index is 9.77. The van der Waals surface area contributed by atoms with Crippen LogP contribution in [0.5, 0.6) is 0 Å². The van der Waals surface area contributed by atoms with Gasteiger partial charge in [0.25, 0.3) is 0 Å². The minimum absolute atomic E-state index is 0.328. The SMILES string of the molecule is O=C(O)[C@H](O)[C@@H](O)C(=O)O.OC[C@H]1CC[C@H]2CN(c3ncccn3)CCN2C1. The largest absolute Gasteiger partial charge is 0.479 e. The van der Waals surface area contributed by atoms with Gasteiger partial charge in [-0.1, -0.05) is 0 Å². The first-order valence-electron chi connectivity index (χ1n) is 9.02. The van der Waals surface area contributed by atoms with Crippen molar-refractivity contribution in [1.29, 1.82) is 0 Å². The third-order valence-electron chi connectivity index (χ3n) is 4.90. The average molecular weight is 398 g/mol. The number of hydrogen-bond acceptors (Lipinski definition) is 9. The molecule has 2 saturated heterocycles. The third kappa shape index (κ3) is 5.83. The van der Waals surface area contributed by atoms with E-state index in [9.17, 15) is 14.7 Å². The van der Waals surface area contributed by atoms with Gasteiger partial charge in [-0.15, -0.1) is 0 Å². The minimum atomic E-state index is -2.27. The molecule has 11 heteroatoms. The summed E-state index contributed by atoms with van der Waals surface area (Å²) in [6.07, 6.45) is 1.39. The first kappa shape index (κ1) is 22.0. The summed E-state index contributed by atoms with van der Waals surface area (Å²) in [5.74, 6) is -2.22. The predicted octanol–water partition coefficient (Wildman–Crippen LogP) is -1.75. The number of aliphatic hydroxyl groups excluding tert-OH is 3. The summed E-state index contributed by atoms with van der Waals surface area (Å²) in [4.78, 5) is 33.0. The zero-order valence-electron chi connectivity index (χ0n) is 15.3. The van der Waals surface area contributed by atoms with E-state index in [0.29, 0.717) is 18.6 Å². The van der Waals surface area contributed by atoms with Gasteiger partial charge in [0.1, 0.15) is 0 Å². The molecule has 28 heavy (non-hydrogen) atoms. The molecule has 156 valence electrons. The zero-order valence-corrected chi connectivity index (χ0v) is 15.3. The number of nitrogens with zero attached hydrogens (tertiary/aromatic N) is 4. The number of rotatable bonds is 5. The Balaban J connectivity index is 0.000000242. The van der Waals surface area contributed by atoms with Crippen LogP contribution >= 0.6 is 0 Å². The van der Waals surface area contributed by atoms with E-state index in [1.165, 1.54) is 6.42 Å². The highest BCUT2D eigenvalue weighted by molar-refractivity contribution is 5.83. The second kappa shape index (κ2) is 10.3. The van der Waals surface area contributed by atoms with E-state index >= 15 is 0 Å². The van der Waals surface area contributed by atoms with Gasteiger partial charge in [0, 0.05) is 51.2 Å². The molecule has 1 aromatic rings. The highest BCUT2D eigenvalue weighted by Gasteiger charge is 2.33. The molecule has 0 unspecified atom stereocenters. The zero-order chi connectivity index (χ0) is 20.7. The number of hydrogen-bond donors (Lipinski definition) is 5. The summed E-state index contributed by atoms with van der Waals surface area (Å²) in [5, 5.41) is 41.8. The van der Waals surface area contributed by atoms with E-state index in [1.807, 2.05) is 6.07 Å². The van der Waals surface area contributed by atoms with Crippen molar-refractivity contribution in [2.24, 2.45) is 5.92 Å². The quantitative estimate of drug-likeness (QED) is 0.381. The topological polar surface area (TPSA) is 168 Å². The Morgan fingerprint density at radius 2 is 1.64 bits per heavy atom. The molecule has 2 aliphatic rings. The number of piperazine rings is 1. The van der Waals surface area contributed by atoms with Gasteiger partial charge < -0.3 is 30.4 Å². The number of aromatic nitrogens is 2. The lowest BCUT2D eigenvalue weighted by atomic mass is 9.92. The van der Waals surface area contributed by atoms with Crippen LogP contribution in [0.25, 0.3) is 0 Å². The van der Waals surface area contributed by atoms with Gasteiger partial charge in [-0.05, 0) is 24.8 Å². The molecule has 0 bridgehead atoms. The number of anilines is 1. The molecular formula is C17H26N4O7. The van der Waals surface area contributed by atoms with Gasteiger partial charge in [0.15, 0.2) is 12.2 Å². The second-order valence-corrected chi connectivity index (χ2v) is 6.84. The molecule has 0 spiro atoms. The summed E-state index contributed by atoms with van der Waals surface area (Å²) in [6.45, 7) is 4.43. The molecule has 4 atom stereocenters. The van der Waals surface area contributed by atoms with Gasteiger partial charge in [-0.25, -0.2) is 19.6 Å². The molecule has 3 heterocycles. The van der Waals surface area contributed by atoms with Gasteiger partial charge in [-0.2, -0.15) is 0 Å². The maximum atomic E-state index is 9.77. The summed E-state index contributed by atoms with van der Waals surface area (Å²) < 4.78 is 0. The van der Waals surface area contributed by atoms with Crippen molar-refractivity contribution in [2.45, 2.75) is 31.1 Å². The van der Waals surface area contributed by atoms with Crippen LogP contribution in [-0.2, 0) is 9.59 Å². The summed E-state index contributed by atoms with van der Waals surface area (Å²) >= 11 is 0. The molecule has 2 aliphatic heterocycles. The molecular weight excluding hydrogens is 372 g/mol. The van der Waals surface area contributed by atoms with E-state index in [0.717, 1.165) is 38.5 Å². The molecule has 0 radical (unpaired) electrons. The Morgan fingerprint density at radius 1 is 1.04 bits per heavy atom. The lowest BCUT2D eigenvalue weighted by Crippen LogP contribution is -2.57. The Morgan fingerprint density at radius 3 is 2.18 bits per heavy atom. The maximum Gasteiger partial charge on any atom is 0.335 e. The van der Waals surface area contributed by atoms with Crippen molar-refractivity contribution in [2.75, 3.05) is 37.7 Å². The van der Waals surface area contributed by atoms with Crippen LogP contribution in [0.15, 0.2) is 18.5 Å². The van der Waals surface area contributed by atoms with E-state index in [4.69, 9.17) is 20.4 Å². The molecule has 0 aromatic carbocycles. The second-order valence-electron chi connectivity index (χ2n) is 6.84. The van der Waals surface area contributed by atoms with Crippen LogP contribution in [0.2, 0.25) is 0 Å². The lowest BCUT2D eigenvalue weighted by Gasteiger charge is -2.46. The number of carbonyl (C=O) groups is 2. The van der Waals surface area contributed by atoms with Crippen LogP contribution in [0.3, 0.4) is 0 Å². The fraction of sp³-hybridized carbons (Fsp3) is 0.647. The van der Waals surface area contributed by atoms with Gasteiger partial charge >= 0.3 is 11.9 Å². The van der Waals surface area contributed by atoms with Crippen LogP contribution in [-0.4, -0.2) is 103 Å². The fourth-order valence-corrected chi connectivity index (χ4v) is 3.31. The molecule has 5 N–H and O–H groups in total. The minimum Gasteiger partial charge on any atom is -0.479 e. The summed E-state index contributed by atoms with van der Waals surface area (Å²) in [6, 6.07) is 2.46. The number of carboxylic acid groups (broad SMARTS) is 2. The summed E-state index contributed by atoms with van der Waals surface area (Å²) in [5.41, 5.74) is 0. The monoisotopic (exact) mass is 398 g/mol. The normalized spacial score (nSPS) is 24.3. The molecule has 0 aliphatic carbocycles. The van der Waals surface area contributed by atoms with E-state index in [2.05, 4.69) is 19.8 Å². The van der Waals surface area contributed by atoms with Crippen LogP contribution in [0.1, 0.15) is 12.8 Å². The number of piperidine rings is 1.